The van der Waals surface area contributed by atoms with Crippen molar-refractivity contribution in [3.63, 3.8) is 0 Å². The number of nitrogens with zero attached hydrogens (tertiary/aromatic N) is 4. The highest BCUT2D eigenvalue weighted by molar-refractivity contribution is 5.95. The van der Waals surface area contributed by atoms with Crippen LogP contribution in [-0.4, -0.2) is 44.1 Å². The van der Waals surface area contributed by atoms with Gasteiger partial charge in [0.05, 0.1) is 17.5 Å². The first-order chi connectivity index (χ1) is 13.5. The summed E-state index contributed by atoms with van der Waals surface area (Å²) in [7, 11) is 0. The van der Waals surface area contributed by atoms with Crippen LogP contribution in [0.4, 0.5) is 5.95 Å². The maximum absolute atomic E-state index is 12.8. The molecule has 0 atom stereocenters. The molecule has 2 aromatic heterocycles. The Bertz CT molecular complexity index is 1000. The molecule has 1 fully saturated rings. The molecular weight excluding hydrogens is 352 g/mol. The van der Waals surface area contributed by atoms with E-state index in [1.807, 2.05) is 17.2 Å². The van der Waals surface area contributed by atoms with Crippen molar-refractivity contribution >= 4 is 11.9 Å². The summed E-state index contributed by atoms with van der Waals surface area (Å²) in [5.74, 6) is 0.514. The van der Waals surface area contributed by atoms with Gasteiger partial charge in [-0.2, -0.15) is 5.10 Å². The molecule has 0 saturated carbocycles. The number of nitrogens with one attached hydrogen (secondary N) is 1. The first-order valence-electron chi connectivity index (χ1n) is 9.52. The molecule has 1 aliphatic rings. The van der Waals surface area contributed by atoms with Gasteiger partial charge in [-0.3, -0.25) is 9.89 Å². The van der Waals surface area contributed by atoms with E-state index in [0.717, 1.165) is 24.1 Å². The van der Waals surface area contributed by atoms with Crippen molar-refractivity contribution in [2.24, 2.45) is 0 Å². The highest BCUT2D eigenvalue weighted by Crippen LogP contribution is 2.35. The van der Waals surface area contributed by atoms with Crippen molar-refractivity contribution < 1.29 is 4.79 Å². The Hall–Kier alpha value is -3.22. The number of carbonyl (C=O) groups excluding carboxylic acids is 1. The second-order valence-electron chi connectivity index (χ2n) is 7.31. The second-order valence-corrected chi connectivity index (χ2v) is 7.31. The molecule has 7 nitrogen and oxygen atoms in total. The van der Waals surface area contributed by atoms with E-state index in [2.05, 4.69) is 45.3 Å². The molecular formula is C21H24N6O. The maximum Gasteiger partial charge on any atom is 0.257 e. The number of carbonyl (C=O) groups is 1. The van der Waals surface area contributed by atoms with E-state index in [1.54, 1.807) is 6.92 Å². The number of piperidine rings is 1. The minimum Gasteiger partial charge on any atom is -0.368 e. The SMILES string of the molecule is Cc1ccccc1-c1cn[nH]c1C1CCN(C(=O)c2cnc(N)nc2C)CC1. The van der Waals surface area contributed by atoms with Gasteiger partial charge < -0.3 is 10.6 Å². The van der Waals surface area contributed by atoms with Gasteiger partial charge in [0.1, 0.15) is 0 Å². The Morgan fingerprint density at radius 2 is 1.89 bits per heavy atom. The zero-order valence-electron chi connectivity index (χ0n) is 16.1. The number of amides is 1. The summed E-state index contributed by atoms with van der Waals surface area (Å²) in [5.41, 5.74) is 11.5. The van der Waals surface area contributed by atoms with E-state index in [-0.39, 0.29) is 11.9 Å². The van der Waals surface area contributed by atoms with Gasteiger partial charge in [0.25, 0.3) is 5.91 Å². The van der Waals surface area contributed by atoms with E-state index in [4.69, 9.17) is 5.73 Å². The van der Waals surface area contributed by atoms with Gasteiger partial charge in [-0.15, -0.1) is 0 Å². The topological polar surface area (TPSA) is 101 Å². The molecule has 3 aromatic rings. The van der Waals surface area contributed by atoms with E-state index in [1.165, 1.54) is 17.3 Å². The number of nitrogens with two attached hydrogens (primary N) is 1. The largest absolute Gasteiger partial charge is 0.368 e. The summed E-state index contributed by atoms with van der Waals surface area (Å²) < 4.78 is 0. The van der Waals surface area contributed by atoms with Gasteiger partial charge in [0.2, 0.25) is 5.95 Å². The molecule has 7 heteroatoms. The normalized spacial score (nSPS) is 15.0. The Morgan fingerprint density at radius 3 is 2.61 bits per heavy atom. The quantitative estimate of drug-likeness (QED) is 0.731. The molecule has 144 valence electrons. The van der Waals surface area contributed by atoms with E-state index < -0.39 is 0 Å². The monoisotopic (exact) mass is 376 g/mol. The number of hydrogen-bond donors (Lipinski definition) is 2. The smallest absolute Gasteiger partial charge is 0.257 e. The van der Waals surface area contributed by atoms with E-state index >= 15 is 0 Å². The average molecular weight is 376 g/mol. The number of aryl methyl sites for hydroxylation is 2. The van der Waals surface area contributed by atoms with Crippen LogP contribution in [0.2, 0.25) is 0 Å². The fourth-order valence-electron chi connectivity index (χ4n) is 3.93. The lowest BCUT2D eigenvalue weighted by atomic mass is 9.88. The van der Waals surface area contributed by atoms with Crippen LogP contribution in [0.1, 0.15) is 46.1 Å². The standard InChI is InChI=1S/C21H24N6O/c1-13-5-3-4-6-16(13)18-12-24-26-19(18)15-7-9-27(10-8-15)20(28)17-11-23-21(22)25-14(17)2/h3-6,11-12,15H,7-10H2,1-2H3,(H,24,26)(H2,22,23,25). The van der Waals surface area contributed by atoms with Crippen molar-refractivity contribution in [3.05, 3.63) is 59.2 Å². The molecule has 28 heavy (non-hydrogen) atoms. The lowest BCUT2D eigenvalue weighted by Gasteiger charge is -2.32. The first-order valence-corrected chi connectivity index (χ1v) is 9.52. The van der Waals surface area contributed by atoms with Crippen molar-refractivity contribution in [2.45, 2.75) is 32.6 Å². The summed E-state index contributed by atoms with van der Waals surface area (Å²) in [4.78, 5) is 22.8. The number of aromatic nitrogens is 4. The highest BCUT2D eigenvalue weighted by Gasteiger charge is 2.28. The Labute approximate surface area is 164 Å². The molecule has 1 aliphatic heterocycles. The molecule has 0 unspecified atom stereocenters. The third-order valence-corrected chi connectivity index (χ3v) is 5.52. The predicted molar refractivity (Wildman–Crippen MR) is 108 cm³/mol. The number of hydrogen-bond acceptors (Lipinski definition) is 5. The van der Waals surface area contributed by atoms with Gasteiger partial charge in [-0.1, -0.05) is 24.3 Å². The van der Waals surface area contributed by atoms with E-state index in [0.29, 0.717) is 30.3 Å². The minimum atomic E-state index is -0.0281. The molecule has 0 bridgehead atoms. The fourth-order valence-corrected chi connectivity index (χ4v) is 3.93. The number of anilines is 1. The van der Waals surface area contributed by atoms with Crippen LogP contribution in [0.5, 0.6) is 0 Å². The van der Waals surface area contributed by atoms with Crippen molar-refractivity contribution in [1.29, 1.82) is 0 Å². The van der Waals surface area contributed by atoms with Gasteiger partial charge in [0, 0.05) is 36.5 Å². The second kappa shape index (κ2) is 7.42. The first kappa shape index (κ1) is 18.2. The Kier molecular flexibility index (Phi) is 4.81. The van der Waals surface area contributed by atoms with Gasteiger partial charge in [-0.05, 0) is 37.8 Å². The third-order valence-electron chi connectivity index (χ3n) is 5.52. The highest BCUT2D eigenvalue weighted by atomic mass is 16.2. The third kappa shape index (κ3) is 3.35. The summed E-state index contributed by atoms with van der Waals surface area (Å²) >= 11 is 0. The zero-order valence-corrected chi connectivity index (χ0v) is 16.1. The number of benzene rings is 1. The van der Waals surface area contributed by atoms with Gasteiger partial charge >= 0.3 is 0 Å². The van der Waals surface area contributed by atoms with Crippen molar-refractivity contribution in [2.75, 3.05) is 18.8 Å². The number of aromatic amines is 1. The van der Waals surface area contributed by atoms with E-state index in [9.17, 15) is 4.79 Å². The molecule has 3 N–H and O–H groups in total. The number of nitrogen functional groups attached to an aromatic ring is 1. The molecule has 1 aromatic carbocycles. The van der Waals surface area contributed by atoms with Crippen LogP contribution < -0.4 is 5.73 Å². The molecule has 3 heterocycles. The summed E-state index contributed by atoms with van der Waals surface area (Å²) in [6.07, 6.45) is 5.21. The summed E-state index contributed by atoms with van der Waals surface area (Å²) in [6.45, 7) is 5.29. The maximum atomic E-state index is 12.8. The molecule has 0 radical (unpaired) electrons. The van der Waals surface area contributed by atoms with Crippen LogP contribution in [0.3, 0.4) is 0 Å². The van der Waals surface area contributed by atoms with Crippen molar-refractivity contribution in [1.82, 2.24) is 25.1 Å². The summed E-state index contributed by atoms with van der Waals surface area (Å²) in [6, 6.07) is 8.35. The number of rotatable bonds is 3. The molecule has 1 saturated heterocycles. The lowest BCUT2D eigenvalue weighted by molar-refractivity contribution is 0.0710. The zero-order chi connectivity index (χ0) is 19.7. The van der Waals surface area contributed by atoms with Crippen LogP contribution in [0, 0.1) is 13.8 Å². The molecule has 0 aliphatic carbocycles. The number of H-pyrrole nitrogens is 1. The van der Waals surface area contributed by atoms with Crippen LogP contribution in [-0.2, 0) is 0 Å². The Balaban J connectivity index is 1.49. The number of likely N-dealkylation sites (tertiary alicyclic amines) is 1. The van der Waals surface area contributed by atoms with Crippen LogP contribution in [0.25, 0.3) is 11.1 Å². The Morgan fingerprint density at radius 1 is 1.14 bits per heavy atom. The predicted octanol–water partition coefficient (Wildman–Crippen LogP) is 3.09. The van der Waals surface area contributed by atoms with Crippen molar-refractivity contribution in [3.8, 4) is 11.1 Å². The van der Waals surface area contributed by atoms with Gasteiger partial charge in [-0.25, -0.2) is 9.97 Å². The molecule has 4 rings (SSSR count). The van der Waals surface area contributed by atoms with Crippen LogP contribution >= 0.6 is 0 Å². The van der Waals surface area contributed by atoms with Crippen LogP contribution in [0.15, 0.2) is 36.7 Å². The molecule has 1 amide bonds. The minimum absolute atomic E-state index is 0.0281. The average Bonchev–Trinajstić information content (AvgIpc) is 3.17. The summed E-state index contributed by atoms with van der Waals surface area (Å²) in [5, 5.41) is 7.51. The fraction of sp³-hybridized carbons (Fsp3) is 0.333. The molecule has 0 spiro atoms. The van der Waals surface area contributed by atoms with Gasteiger partial charge in [0.15, 0.2) is 0 Å². The lowest BCUT2D eigenvalue weighted by Crippen LogP contribution is -2.38.